The second-order valence-corrected chi connectivity index (χ2v) is 6.51. The highest BCUT2D eigenvalue weighted by Crippen LogP contribution is 2.18. The maximum atomic E-state index is 11.0. The average Bonchev–Trinajstić information content (AvgIpc) is 2.25. The Labute approximate surface area is 120 Å². The van der Waals surface area contributed by atoms with Crippen LogP contribution in [-0.4, -0.2) is 37.3 Å². The van der Waals surface area contributed by atoms with E-state index in [-0.39, 0.29) is 10.7 Å². The predicted octanol–water partition coefficient (Wildman–Crippen LogP) is -1.34. The Hall–Kier alpha value is -1.60. The van der Waals surface area contributed by atoms with Crippen molar-refractivity contribution in [3.05, 3.63) is 23.8 Å². The highest BCUT2D eigenvalue weighted by molar-refractivity contribution is 7.86. The Balaban J connectivity index is 3.42. The van der Waals surface area contributed by atoms with Gasteiger partial charge in [0, 0.05) is 5.56 Å². The first-order valence-corrected chi connectivity index (χ1v) is 7.88. The third-order valence-electron chi connectivity index (χ3n) is 1.92. The lowest BCUT2D eigenvalue weighted by Gasteiger charge is -2.13. The van der Waals surface area contributed by atoms with Gasteiger partial charge < -0.3 is 14.8 Å². The molecule has 0 aliphatic rings. The number of nitrogens with two attached hydrogens (primary N) is 1. The van der Waals surface area contributed by atoms with Crippen LogP contribution in [0.25, 0.3) is 0 Å². The average molecular weight is 337 g/mol. The molecule has 0 aliphatic heterocycles. The van der Waals surface area contributed by atoms with E-state index in [1.165, 1.54) is 0 Å². The van der Waals surface area contributed by atoms with Gasteiger partial charge in [-0.3, -0.25) is 5.43 Å². The highest BCUT2D eigenvalue weighted by Gasteiger charge is 2.11. The summed E-state index contributed by atoms with van der Waals surface area (Å²) in [6, 6.07) is 2.12. The van der Waals surface area contributed by atoms with E-state index in [1.54, 1.807) is 0 Å². The molecule has 1 aromatic carbocycles. The predicted molar refractivity (Wildman–Crippen MR) is 69.9 cm³/mol. The fraction of sp³-hybridized carbons (Fsp3) is 0. The second kappa shape index (κ2) is 5.80. The van der Waals surface area contributed by atoms with Gasteiger partial charge in [-0.2, -0.15) is 5.10 Å². The van der Waals surface area contributed by atoms with Crippen LogP contribution in [0.4, 0.5) is 0 Å². The first-order chi connectivity index (χ1) is 9.01. The topological polar surface area (TPSA) is 165 Å². The van der Waals surface area contributed by atoms with E-state index in [9.17, 15) is 25.9 Å². The molecule has 9 nitrogen and oxygen atoms in total. The van der Waals surface area contributed by atoms with E-state index < -0.39 is 30.0 Å². The number of hydrogen-bond donors (Lipinski definition) is 2. The molecule has 0 heterocycles. The normalized spacial score (nSPS) is 12.5. The van der Waals surface area contributed by atoms with E-state index in [0.29, 0.717) is 18.2 Å². The molecule has 0 amide bonds. The zero-order chi connectivity index (χ0) is 15.6. The fourth-order valence-corrected chi connectivity index (χ4v) is 2.37. The van der Waals surface area contributed by atoms with E-state index in [4.69, 9.17) is 5.73 Å². The molecule has 0 bridgehead atoms. The van der Waals surface area contributed by atoms with Crippen molar-refractivity contribution in [3.8, 4) is 0 Å². The monoisotopic (exact) mass is 337 g/mol. The summed E-state index contributed by atoms with van der Waals surface area (Å²) in [5.74, 6) is 0. The first kappa shape index (κ1) is 16.5. The fourth-order valence-electron chi connectivity index (χ4n) is 1.18. The maximum Gasteiger partial charge on any atom is 0.184 e. The number of nitrogens with zero attached hydrogens (tertiary/aromatic N) is 1. The van der Waals surface area contributed by atoms with Crippen molar-refractivity contribution in [3.63, 3.8) is 0 Å². The molecule has 0 saturated carbocycles. The van der Waals surface area contributed by atoms with E-state index in [2.05, 4.69) is 22.7 Å². The molecule has 0 unspecified atom stereocenters. The molecule has 110 valence electrons. The smallest absolute Gasteiger partial charge is 0.184 e. The second-order valence-electron chi connectivity index (χ2n) is 3.34. The van der Waals surface area contributed by atoms with E-state index in [1.807, 2.05) is 0 Å². The van der Waals surface area contributed by atoms with Crippen LogP contribution in [0.2, 0.25) is 0 Å². The third kappa shape index (κ3) is 4.50. The number of thiocarbonyl (C=S) groups is 1. The van der Waals surface area contributed by atoms with Gasteiger partial charge in [-0.05, 0) is 30.4 Å². The van der Waals surface area contributed by atoms with Crippen LogP contribution < -0.4 is 11.2 Å². The first-order valence-electron chi connectivity index (χ1n) is 4.66. The molecule has 0 aromatic heterocycles. The molecular formula is C8H7N3O6S3-2. The summed E-state index contributed by atoms with van der Waals surface area (Å²) in [7, 11) is -9.68. The summed E-state index contributed by atoms with van der Waals surface area (Å²) in [6.45, 7) is 0. The van der Waals surface area contributed by atoms with Crippen molar-refractivity contribution in [2.75, 3.05) is 0 Å². The Bertz CT molecular complexity index is 769. The van der Waals surface area contributed by atoms with Gasteiger partial charge in [0.15, 0.2) is 5.11 Å². The molecule has 12 heteroatoms. The quantitative estimate of drug-likeness (QED) is 0.293. The molecule has 0 saturated heterocycles. The third-order valence-corrected chi connectivity index (χ3v) is 3.75. The van der Waals surface area contributed by atoms with Crippen molar-refractivity contribution in [1.82, 2.24) is 5.43 Å². The molecule has 1 aromatic rings. The van der Waals surface area contributed by atoms with Crippen LogP contribution in [0.3, 0.4) is 0 Å². The number of nitrogens with one attached hydrogen (secondary N) is 1. The van der Waals surface area contributed by atoms with Gasteiger partial charge in [0.2, 0.25) is 0 Å². The van der Waals surface area contributed by atoms with Crippen LogP contribution in [0.15, 0.2) is 33.1 Å². The van der Waals surface area contributed by atoms with Crippen LogP contribution >= 0.6 is 12.2 Å². The van der Waals surface area contributed by atoms with Crippen LogP contribution in [0.5, 0.6) is 0 Å². The zero-order valence-electron chi connectivity index (χ0n) is 9.51. The molecular weight excluding hydrogens is 330 g/mol. The largest absolute Gasteiger partial charge is 0.744 e. The van der Waals surface area contributed by atoms with Crippen molar-refractivity contribution in [1.29, 1.82) is 0 Å². The van der Waals surface area contributed by atoms with E-state index in [0.717, 1.165) is 6.21 Å². The summed E-state index contributed by atoms with van der Waals surface area (Å²) >= 11 is 4.43. The minimum atomic E-state index is -4.88. The van der Waals surface area contributed by atoms with Gasteiger partial charge in [0.05, 0.1) is 16.0 Å². The number of rotatable bonds is 4. The molecule has 0 radical (unpaired) electrons. The summed E-state index contributed by atoms with van der Waals surface area (Å²) in [4.78, 5) is -1.44. The van der Waals surface area contributed by atoms with Crippen molar-refractivity contribution in [2.45, 2.75) is 9.79 Å². The summed E-state index contributed by atoms with van der Waals surface area (Å²) in [5.41, 5.74) is 6.76. The van der Waals surface area contributed by atoms with E-state index >= 15 is 0 Å². The lowest BCUT2D eigenvalue weighted by molar-refractivity contribution is 0.458. The Morgan fingerprint density at radius 3 is 2.30 bits per heavy atom. The zero-order valence-corrected chi connectivity index (χ0v) is 12.0. The van der Waals surface area contributed by atoms with Gasteiger partial charge in [-0.1, -0.05) is 0 Å². The van der Waals surface area contributed by atoms with Gasteiger partial charge in [0.1, 0.15) is 20.2 Å². The van der Waals surface area contributed by atoms with Gasteiger partial charge in [-0.15, -0.1) is 0 Å². The summed E-state index contributed by atoms with van der Waals surface area (Å²) < 4.78 is 65.5. The van der Waals surface area contributed by atoms with Crippen LogP contribution in [0, 0.1) is 0 Å². The molecule has 0 atom stereocenters. The van der Waals surface area contributed by atoms with Gasteiger partial charge in [0.25, 0.3) is 0 Å². The Morgan fingerprint density at radius 2 is 1.85 bits per heavy atom. The lowest BCUT2D eigenvalue weighted by Crippen LogP contribution is -2.24. The highest BCUT2D eigenvalue weighted by atomic mass is 32.2. The number of hydrogen-bond acceptors (Lipinski definition) is 8. The number of hydrazone groups is 1. The molecule has 3 N–H and O–H groups in total. The Kier molecular flexibility index (Phi) is 4.77. The lowest BCUT2D eigenvalue weighted by atomic mass is 10.2. The van der Waals surface area contributed by atoms with Gasteiger partial charge >= 0.3 is 0 Å². The molecule has 20 heavy (non-hydrogen) atoms. The molecule has 0 fully saturated rings. The standard InChI is InChI=1S/C8H9N3O6S3/c9-8(18)11-10-4-5-3-6(19(12,13)14)1-2-7(5)20(15,16)17/h1-4H,(H3,9,11,18)(H,12,13,14)(H,15,16,17)/p-2. The van der Waals surface area contributed by atoms with Crippen molar-refractivity contribution in [2.24, 2.45) is 10.8 Å². The minimum absolute atomic E-state index is 0.236. The van der Waals surface area contributed by atoms with Crippen molar-refractivity contribution < 1.29 is 25.9 Å². The summed E-state index contributed by atoms with van der Waals surface area (Å²) in [6.07, 6.45) is 0.804. The SMILES string of the molecule is NC(=S)NN=Cc1cc(S(=O)(=O)[O-])ccc1S(=O)(=O)[O-]. The molecule has 0 spiro atoms. The Morgan fingerprint density at radius 1 is 1.25 bits per heavy atom. The van der Waals surface area contributed by atoms with Gasteiger partial charge in [-0.25, -0.2) is 16.8 Å². The maximum absolute atomic E-state index is 11.0. The molecule has 1 rings (SSSR count). The summed E-state index contributed by atoms with van der Waals surface area (Å²) in [5, 5.41) is 3.16. The van der Waals surface area contributed by atoms with Crippen molar-refractivity contribution >= 4 is 43.8 Å². The minimum Gasteiger partial charge on any atom is -0.744 e. The van der Waals surface area contributed by atoms with Crippen LogP contribution in [-0.2, 0) is 20.2 Å². The van der Waals surface area contributed by atoms with Crippen LogP contribution in [0.1, 0.15) is 5.56 Å². The number of benzene rings is 1. The molecule has 0 aliphatic carbocycles.